The van der Waals surface area contributed by atoms with E-state index in [0.29, 0.717) is 5.69 Å². The Morgan fingerprint density at radius 2 is 2.00 bits per heavy atom. The number of nitrogens with one attached hydrogen (secondary N) is 1. The highest BCUT2D eigenvalue weighted by Crippen LogP contribution is 2.35. The van der Waals surface area contributed by atoms with Crippen molar-refractivity contribution in [1.29, 1.82) is 0 Å². The molecule has 1 saturated heterocycles. The van der Waals surface area contributed by atoms with Gasteiger partial charge in [0, 0.05) is 5.69 Å². The van der Waals surface area contributed by atoms with E-state index in [4.69, 9.17) is 4.98 Å². The molecular weight excluding hydrogens is 396 g/mol. The number of rotatable bonds is 6. The number of fused-ring (bicyclic) bond motifs is 1. The third-order valence-electron chi connectivity index (χ3n) is 4.92. The van der Waals surface area contributed by atoms with Gasteiger partial charge in [0.25, 0.3) is 0 Å². The van der Waals surface area contributed by atoms with Crippen LogP contribution in [0, 0.1) is 0 Å². The predicted octanol–water partition coefficient (Wildman–Crippen LogP) is 5.06. The van der Waals surface area contributed by atoms with Gasteiger partial charge in [-0.1, -0.05) is 18.6 Å². The largest absolute Gasteiger partial charge is 0.435 e. The maximum absolute atomic E-state index is 12.6. The first-order valence-corrected chi connectivity index (χ1v) is 10.3. The number of piperidine rings is 1. The molecule has 0 bridgehead atoms. The van der Waals surface area contributed by atoms with Gasteiger partial charge >= 0.3 is 6.61 Å². The second-order valence-electron chi connectivity index (χ2n) is 6.95. The average molecular weight is 417 g/mol. The maximum Gasteiger partial charge on any atom is 0.387 e. The van der Waals surface area contributed by atoms with Crippen LogP contribution in [0.2, 0.25) is 0 Å². The van der Waals surface area contributed by atoms with E-state index in [-0.39, 0.29) is 24.2 Å². The minimum atomic E-state index is -2.87. The van der Waals surface area contributed by atoms with Gasteiger partial charge < -0.3 is 10.1 Å². The molecule has 5 nitrogen and oxygen atoms in total. The number of nitrogens with zero attached hydrogens (tertiary/aromatic N) is 2. The van der Waals surface area contributed by atoms with Crippen molar-refractivity contribution in [1.82, 2.24) is 9.88 Å². The van der Waals surface area contributed by atoms with E-state index in [0.717, 1.165) is 41.0 Å². The number of thiazole rings is 1. The van der Waals surface area contributed by atoms with E-state index in [9.17, 15) is 13.6 Å². The molecule has 2 heterocycles. The van der Waals surface area contributed by atoms with Gasteiger partial charge in [0.2, 0.25) is 5.91 Å². The molecule has 152 valence electrons. The van der Waals surface area contributed by atoms with E-state index in [2.05, 4.69) is 21.0 Å². The van der Waals surface area contributed by atoms with Crippen LogP contribution in [0.1, 0.15) is 30.3 Å². The lowest BCUT2D eigenvalue weighted by atomic mass is 10.0. The van der Waals surface area contributed by atoms with E-state index in [1.807, 2.05) is 18.2 Å². The molecule has 1 amide bonds. The SMILES string of the molecule is O=C(CN1CCCC[C@H]1c1nc2ccccc2s1)Nc1ccc(OC(F)F)cc1. The van der Waals surface area contributed by atoms with Crippen molar-refractivity contribution in [2.24, 2.45) is 0 Å². The number of carbonyl (C=O) groups is 1. The van der Waals surface area contributed by atoms with Crippen LogP contribution >= 0.6 is 11.3 Å². The Balaban J connectivity index is 1.41. The Bertz CT molecular complexity index is 944. The molecule has 8 heteroatoms. The molecule has 0 saturated carbocycles. The number of benzene rings is 2. The van der Waals surface area contributed by atoms with Gasteiger partial charge in [-0.15, -0.1) is 11.3 Å². The van der Waals surface area contributed by atoms with E-state index >= 15 is 0 Å². The summed E-state index contributed by atoms with van der Waals surface area (Å²) < 4.78 is 29.9. The second-order valence-corrected chi connectivity index (χ2v) is 8.02. The van der Waals surface area contributed by atoms with Crippen LogP contribution in [0.5, 0.6) is 5.75 Å². The summed E-state index contributed by atoms with van der Waals surface area (Å²) in [5.41, 5.74) is 1.54. The quantitative estimate of drug-likeness (QED) is 0.609. The van der Waals surface area contributed by atoms with E-state index in [1.54, 1.807) is 23.5 Å². The van der Waals surface area contributed by atoms with Crippen LogP contribution in [0.4, 0.5) is 14.5 Å². The molecule has 3 aromatic rings. The highest BCUT2D eigenvalue weighted by atomic mass is 32.1. The fourth-order valence-corrected chi connectivity index (χ4v) is 4.73. The minimum Gasteiger partial charge on any atom is -0.435 e. The molecule has 29 heavy (non-hydrogen) atoms. The molecule has 0 unspecified atom stereocenters. The normalized spacial score (nSPS) is 17.6. The Kier molecular flexibility index (Phi) is 6.01. The van der Waals surface area contributed by atoms with Crippen molar-refractivity contribution in [2.45, 2.75) is 31.9 Å². The Labute approximate surface area is 171 Å². The topological polar surface area (TPSA) is 54.5 Å². The summed E-state index contributed by atoms with van der Waals surface area (Å²) in [5, 5.41) is 3.88. The van der Waals surface area contributed by atoms with E-state index in [1.165, 1.54) is 12.1 Å². The molecule has 1 aliphatic heterocycles. The van der Waals surface area contributed by atoms with Gasteiger partial charge in [0.1, 0.15) is 10.8 Å². The van der Waals surface area contributed by atoms with Crippen LogP contribution in [-0.4, -0.2) is 35.5 Å². The van der Waals surface area contributed by atoms with Gasteiger partial charge in [0.05, 0.1) is 22.8 Å². The number of carbonyl (C=O) groups excluding carboxylic acids is 1. The highest BCUT2D eigenvalue weighted by Gasteiger charge is 2.28. The van der Waals surface area contributed by atoms with Crippen LogP contribution in [-0.2, 0) is 4.79 Å². The van der Waals surface area contributed by atoms with Crippen molar-refractivity contribution in [3.63, 3.8) is 0 Å². The number of halogens is 2. The molecule has 1 aromatic heterocycles. The van der Waals surface area contributed by atoms with Gasteiger partial charge in [-0.05, 0) is 55.8 Å². The second kappa shape index (κ2) is 8.84. The van der Waals surface area contributed by atoms with Crippen LogP contribution < -0.4 is 10.1 Å². The van der Waals surface area contributed by atoms with E-state index < -0.39 is 6.61 Å². The number of alkyl halides is 2. The van der Waals surface area contributed by atoms with Crippen molar-refractivity contribution in [2.75, 3.05) is 18.4 Å². The number of anilines is 1. The molecule has 1 aliphatic rings. The predicted molar refractivity (Wildman–Crippen MR) is 109 cm³/mol. The van der Waals surface area contributed by atoms with Crippen molar-refractivity contribution in [3.8, 4) is 5.75 Å². The Morgan fingerprint density at radius 1 is 1.21 bits per heavy atom. The molecule has 0 spiro atoms. The molecule has 0 aliphatic carbocycles. The number of hydrogen-bond acceptors (Lipinski definition) is 5. The third-order valence-corrected chi connectivity index (χ3v) is 6.06. The number of hydrogen-bond donors (Lipinski definition) is 1. The zero-order chi connectivity index (χ0) is 20.2. The maximum atomic E-state index is 12.6. The molecular formula is C21H21F2N3O2S. The van der Waals surface area contributed by atoms with Crippen LogP contribution in [0.3, 0.4) is 0 Å². The summed E-state index contributed by atoms with van der Waals surface area (Å²) in [4.78, 5) is 19.5. The number of ether oxygens (including phenoxy) is 1. The molecule has 0 radical (unpaired) electrons. The summed E-state index contributed by atoms with van der Waals surface area (Å²) >= 11 is 1.69. The van der Waals surface area contributed by atoms with Gasteiger partial charge in [0.15, 0.2) is 0 Å². The number of aromatic nitrogens is 1. The van der Waals surface area contributed by atoms with Crippen molar-refractivity contribution in [3.05, 3.63) is 53.5 Å². The Hall–Kier alpha value is -2.58. The third kappa shape index (κ3) is 4.89. The van der Waals surface area contributed by atoms with Gasteiger partial charge in [-0.3, -0.25) is 9.69 Å². The summed E-state index contributed by atoms with van der Waals surface area (Å²) in [6.07, 6.45) is 3.14. The smallest absolute Gasteiger partial charge is 0.387 e. The Morgan fingerprint density at radius 3 is 2.76 bits per heavy atom. The number of para-hydroxylation sites is 1. The van der Waals surface area contributed by atoms with Gasteiger partial charge in [-0.25, -0.2) is 4.98 Å². The molecule has 1 atom stereocenters. The lowest BCUT2D eigenvalue weighted by molar-refractivity contribution is -0.118. The number of likely N-dealkylation sites (tertiary alicyclic amines) is 1. The first-order chi connectivity index (χ1) is 14.1. The number of amides is 1. The first kappa shape index (κ1) is 19.7. The van der Waals surface area contributed by atoms with Crippen LogP contribution in [0.15, 0.2) is 48.5 Å². The molecule has 1 N–H and O–H groups in total. The van der Waals surface area contributed by atoms with Crippen molar-refractivity contribution >= 4 is 33.1 Å². The lowest BCUT2D eigenvalue weighted by Gasteiger charge is -2.33. The fraction of sp³-hybridized carbons (Fsp3) is 0.333. The molecule has 1 fully saturated rings. The monoisotopic (exact) mass is 417 g/mol. The lowest BCUT2D eigenvalue weighted by Crippen LogP contribution is -2.39. The standard InChI is InChI=1S/C21H21F2N3O2S/c22-21(23)28-15-10-8-14(9-11-15)24-19(27)13-26-12-4-3-6-17(26)20-25-16-5-1-2-7-18(16)29-20/h1-2,5,7-11,17,21H,3-4,6,12-13H2,(H,24,27)/t17-/m0/s1. The zero-order valence-corrected chi connectivity index (χ0v) is 16.5. The van der Waals surface area contributed by atoms with Gasteiger partial charge in [-0.2, -0.15) is 8.78 Å². The zero-order valence-electron chi connectivity index (χ0n) is 15.7. The molecule has 2 aromatic carbocycles. The van der Waals surface area contributed by atoms with Crippen LogP contribution in [0.25, 0.3) is 10.2 Å². The summed E-state index contributed by atoms with van der Waals surface area (Å²) in [7, 11) is 0. The summed E-state index contributed by atoms with van der Waals surface area (Å²) in [6, 6.07) is 14.1. The fourth-order valence-electron chi connectivity index (χ4n) is 3.60. The van der Waals surface area contributed by atoms with Crippen molar-refractivity contribution < 1.29 is 18.3 Å². The summed E-state index contributed by atoms with van der Waals surface area (Å²) in [5.74, 6) is -0.0783. The molecule has 4 rings (SSSR count). The highest BCUT2D eigenvalue weighted by molar-refractivity contribution is 7.18. The first-order valence-electron chi connectivity index (χ1n) is 9.53. The average Bonchev–Trinajstić information content (AvgIpc) is 3.13. The minimum absolute atomic E-state index is 0.0601. The summed E-state index contributed by atoms with van der Waals surface area (Å²) in [6.45, 7) is -1.76.